The van der Waals surface area contributed by atoms with Crippen molar-refractivity contribution >= 4 is 39.2 Å². The van der Waals surface area contributed by atoms with E-state index in [2.05, 4.69) is 4.72 Å². The van der Waals surface area contributed by atoms with Crippen LogP contribution in [0.25, 0.3) is 0 Å². The highest BCUT2D eigenvalue weighted by atomic mass is 35.5. The fourth-order valence-corrected chi connectivity index (χ4v) is 3.85. The van der Waals surface area contributed by atoms with Gasteiger partial charge in [-0.1, -0.05) is 49.2 Å². The van der Waals surface area contributed by atoms with Gasteiger partial charge in [0.15, 0.2) is 0 Å². The maximum Gasteiger partial charge on any atom is 0.324 e. The fourth-order valence-electron chi connectivity index (χ4n) is 2.18. The number of ether oxygens (including phenoxy) is 1. The van der Waals surface area contributed by atoms with Gasteiger partial charge in [-0.25, -0.2) is 8.42 Å². The van der Waals surface area contributed by atoms with E-state index in [1.807, 2.05) is 0 Å². The van der Waals surface area contributed by atoms with Crippen molar-refractivity contribution in [3.8, 4) is 0 Å². The van der Waals surface area contributed by atoms with Crippen molar-refractivity contribution < 1.29 is 17.9 Å². The lowest BCUT2D eigenvalue weighted by Gasteiger charge is -2.21. The van der Waals surface area contributed by atoms with Crippen LogP contribution in [0.15, 0.2) is 53.4 Å². The predicted molar refractivity (Wildman–Crippen MR) is 102 cm³/mol. The Labute approximate surface area is 163 Å². The second kappa shape index (κ2) is 8.86. The molecule has 1 atom stereocenters. The molecular formula is C18H19Cl2NO4S. The summed E-state index contributed by atoms with van der Waals surface area (Å²) in [6, 6.07) is 11.6. The zero-order chi connectivity index (χ0) is 19.3. The van der Waals surface area contributed by atoms with Crippen molar-refractivity contribution in [2.24, 2.45) is 5.92 Å². The van der Waals surface area contributed by atoms with Gasteiger partial charge in [0.25, 0.3) is 0 Å². The maximum absolute atomic E-state index is 12.5. The molecule has 0 radical (unpaired) electrons. The third-order valence-corrected chi connectivity index (χ3v) is 5.54. The van der Waals surface area contributed by atoms with Crippen LogP contribution in [0.5, 0.6) is 0 Å². The number of carbonyl (C=O) groups excluding carboxylic acids is 1. The summed E-state index contributed by atoms with van der Waals surface area (Å²) in [5.41, 5.74) is 0.717. The second-order valence-electron chi connectivity index (χ2n) is 6.03. The van der Waals surface area contributed by atoms with Crippen molar-refractivity contribution in [1.29, 1.82) is 0 Å². The Morgan fingerprint density at radius 3 is 2.31 bits per heavy atom. The average molecular weight is 416 g/mol. The van der Waals surface area contributed by atoms with Crippen LogP contribution in [0.4, 0.5) is 0 Å². The van der Waals surface area contributed by atoms with E-state index in [9.17, 15) is 13.2 Å². The van der Waals surface area contributed by atoms with E-state index in [1.54, 1.807) is 38.1 Å². The van der Waals surface area contributed by atoms with Crippen LogP contribution in [0.2, 0.25) is 10.0 Å². The van der Waals surface area contributed by atoms with E-state index in [4.69, 9.17) is 27.9 Å². The topological polar surface area (TPSA) is 72.5 Å². The summed E-state index contributed by atoms with van der Waals surface area (Å²) in [5, 5.41) is 0.952. The molecule has 2 aromatic carbocycles. The first-order chi connectivity index (χ1) is 12.2. The van der Waals surface area contributed by atoms with Crippen LogP contribution in [0.1, 0.15) is 19.4 Å². The number of hydrogen-bond donors (Lipinski definition) is 1. The quantitative estimate of drug-likeness (QED) is 0.692. The van der Waals surface area contributed by atoms with Crippen molar-refractivity contribution in [2.75, 3.05) is 0 Å². The molecule has 5 nitrogen and oxygen atoms in total. The Hall–Kier alpha value is -1.60. The minimum atomic E-state index is -3.89. The number of hydrogen-bond acceptors (Lipinski definition) is 4. The number of halogens is 2. The molecular weight excluding hydrogens is 397 g/mol. The monoisotopic (exact) mass is 415 g/mol. The summed E-state index contributed by atoms with van der Waals surface area (Å²) in [5.74, 6) is -0.957. The van der Waals surface area contributed by atoms with E-state index >= 15 is 0 Å². The predicted octanol–water partition coefficient (Wildman–Crippen LogP) is 4.04. The number of esters is 1. The first-order valence-electron chi connectivity index (χ1n) is 7.88. The Morgan fingerprint density at radius 2 is 1.73 bits per heavy atom. The highest BCUT2D eigenvalue weighted by molar-refractivity contribution is 7.89. The van der Waals surface area contributed by atoms with Gasteiger partial charge < -0.3 is 4.74 Å². The minimum absolute atomic E-state index is 0.00524. The molecule has 0 aromatic heterocycles. The van der Waals surface area contributed by atoms with Gasteiger partial charge in [0.2, 0.25) is 10.0 Å². The Bertz CT molecular complexity index is 867. The Kier molecular flexibility index (Phi) is 7.06. The van der Waals surface area contributed by atoms with Gasteiger partial charge >= 0.3 is 5.97 Å². The average Bonchev–Trinajstić information content (AvgIpc) is 2.58. The number of sulfonamides is 1. The molecule has 0 spiro atoms. The second-order valence-corrected chi connectivity index (χ2v) is 8.62. The largest absolute Gasteiger partial charge is 0.460 e. The zero-order valence-corrected chi connectivity index (χ0v) is 16.6. The molecule has 0 aliphatic carbocycles. The lowest BCUT2D eigenvalue weighted by Crippen LogP contribution is -2.45. The maximum atomic E-state index is 12.5. The van der Waals surface area contributed by atoms with Crippen LogP contribution in [-0.2, 0) is 26.2 Å². The molecule has 2 aromatic rings. The lowest BCUT2D eigenvalue weighted by atomic mass is 10.1. The molecule has 2 rings (SSSR count). The molecule has 0 saturated carbocycles. The summed E-state index contributed by atoms with van der Waals surface area (Å²) in [6.45, 7) is 3.47. The van der Waals surface area contributed by atoms with E-state index < -0.39 is 22.0 Å². The van der Waals surface area contributed by atoms with Crippen molar-refractivity contribution in [2.45, 2.75) is 31.4 Å². The highest BCUT2D eigenvalue weighted by Gasteiger charge is 2.29. The first kappa shape index (κ1) is 20.7. The minimum Gasteiger partial charge on any atom is -0.460 e. The lowest BCUT2D eigenvalue weighted by molar-refractivity contribution is -0.148. The molecule has 0 aliphatic rings. The van der Waals surface area contributed by atoms with Gasteiger partial charge in [0.1, 0.15) is 12.6 Å². The summed E-state index contributed by atoms with van der Waals surface area (Å²) in [6.07, 6.45) is 0. The standard InChI is InChI=1S/C18H19Cl2NO4S/c1-12(2)17(18(22)25-11-13-4-3-5-15(20)10-13)21-26(23,24)16-8-6-14(19)7-9-16/h3-10,12,17,21H,11H2,1-2H3/t17-/m0/s1. The summed E-state index contributed by atoms with van der Waals surface area (Å²) < 4.78 is 32.7. The van der Waals surface area contributed by atoms with E-state index in [0.717, 1.165) is 0 Å². The molecule has 0 heterocycles. The molecule has 0 amide bonds. The number of benzene rings is 2. The summed E-state index contributed by atoms with van der Waals surface area (Å²) in [7, 11) is -3.89. The Morgan fingerprint density at radius 1 is 1.08 bits per heavy atom. The molecule has 0 bridgehead atoms. The van der Waals surface area contributed by atoms with Crippen molar-refractivity contribution in [3.05, 3.63) is 64.1 Å². The van der Waals surface area contributed by atoms with Crippen LogP contribution >= 0.6 is 23.2 Å². The molecule has 1 N–H and O–H groups in total. The Balaban J connectivity index is 2.09. The molecule has 0 aliphatic heterocycles. The van der Waals surface area contributed by atoms with Gasteiger partial charge in [0.05, 0.1) is 4.90 Å². The third kappa shape index (κ3) is 5.71. The van der Waals surface area contributed by atoms with Crippen LogP contribution in [-0.4, -0.2) is 20.4 Å². The van der Waals surface area contributed by atoms with Gasteiger partial charge in [0, 0.05) is 10.0 Å². The van der Waals surface area contributed by atoms with Crippen LogP contribution in [0, 0.1) is 5.92 Å². The van der Waals surface area contributed by atoms with E-state index in [0.29, 0.717) is 15.6 Å². The van der Waals surface area contributed by atoms with Gasteiger partial charge in [-0.05, 0) is 47.9 Å². The van der Waals surface area contributed by atoms with E-state index in [1.165, 1.54) is 24.3 Å². The number of rotatable bonds is 7. The van der Waals surface area contributed by atoms with Crippen LogP contribution < -0.4 is 4.72 Å². The highest BCUT2D eigenvalue weighted by Crippen LogP contribution is 2.17. The molecule has 0 unspecified atom stereocenters. The normalized spacial score (nSPS) is 12.8. The van der Waals surface area contributed by atoms with Gasteiger partial charge in [-0.3, -0.25) is 4.79 Å². The molecule has 140 valence electrons. The molecule has 26 heavy (non-hydrogen) atoms. The summed E-state index contributed by atoms with van der Waals surface area (Å²) in [4.78, 5) is 12.4. The van der Waals surface area contributed by atoms with Gasteiger partial charge in [-0.2, -0.15) is 4.72 Å². The molecule has 0 fully saturated rings. The molecule has 0 saturated heterocycles. The SMILES string of the molecule is CC(C)[C@H](NS(=O)(=O)c1ccc(Cl)cc1)C(=O)OCc1cccc(Cl)c1. The van der Waals surface area contributed by atoms with Crippen LogP contribution in [0.3, 0.4) is 0 Å². The van der Waals surface area contributed by atoms with Crippen molar-refractivity contribution in [3.63, 3.8) is 0 Å². The first-order valence-corrected chi connectivity index (χ1v) is 10.1. The van der Waals surface area contributed by atoms with Gasteiger partial charge in [-0.15, -0.1) is 0 Å². The molecule has 8 heteroatoms. The zero-order valence-electron chi connectivity index (χ0n) is 14.3. The third-order valence-electron chi connectivity index (χ3n) is 3.60. The van der Waals surface area contributed by atoms with E-state index in [-0.39, 0.29) is 17.4 Å². The fraction of sp³-hybridized carbons (Fsp3) is 0.278. The smallest absolute Gasteiger partial charge is 0.324 e. The number of carbonyl (C=O) groups is 1. The summed E-state index contributed by atoms with van der Waals surface area (Å²) >= 11 is 11.7. The number of nitrogens with one attached hydrogen (secondary N) is 1. The van der Waals surface area contributed by atoms with Crippen molar-refractivity contribution in [1.82, 2.24) is 4.72 Å².